The van der Waals surface area contributed by atoms with Crippen molar-refractivity contribution >= 4 is 11.8 Å². The number of nitrogens with zero attached hydrogens (tertiary/aromatic N) is 2. The van der Waals surface area contributed by atoms with Crippen molar-refractivity contribution in [1.82, 2.24) is 0 Å². The molecule has 1 unspecified atom stereocenters. The molecule has 5 heteroatoms. The summed E-state index contributed by atoms with van der Waals surface area (Å²) < 4.78 is 0.458. The molecular formula is C21H40N2O3. The van der Waals surface area contributed by atoms with E-state index in [0.717, 1.165) is 51.2 Å². The molecule has 0 amide bonds. The predicted octanol–water partition coefficient (Wildman–Crippen LogP) is 3.05. The Hall–Kier alpha value is -0.940. The molecule has 0 aromatic rings. The van der Waals surface area contributed by atoms with Gasteiger partial charge in [-0.3, -0.25) is 4.48 Å². The first kappa shape index (κ1) is 23.1. The Morgan fingerprint density at radius 1 is 1.00 bits per heavy atom. The zero-order valence-electron chi connectivity index (χ0n) is 16.9. The first-order chi connectivity index (χ1) is 12.6. The van der Waals surface area contributed by atoms with Crippen molar-refractivity contribution in [2.45, 2.75) is 90.4 Å². The van der Waals surface area contributed by atoms with Gasteiger partial charge in [-0.2, -0.15) is 0 Å². The van der Waals surface area contributed by atoms with Crippen molar-refractivity contribution in [3.8, 4) is 0 Å². The summed E-state index contributed by atoms with van der Waals surface area (Å²) in [6, 6.07) is 0. The number of rotatable bonds is 17. The zero-order chi connectivity index (χ0) is 19.1. The second-order valence-electron chi connectivity index (χ2n) is 7.78. The first-order valence-electron chi connectivity index (χ1n) is 10.9. The van der Waals surface area contributed by atoms with E-state index in [2.05, 4.69) is 11.9 Å². The van der Waals surface area contributed by atoms with Crippen molar-refractivity contribution in [2.75, 3.05) is 32.8 Å². The molecule has 0 spiro atoms. The van der Waals surface area contributed by atoms with Crippen molar-refractivity contribution in [2.24, 2.45) is 4.99 Å². The lowest BCUT2D eigenvalue weighted by atomic mass is 10.1. The van der Waals surface area contributed by atoms with Crippen LogP contribution in [0, 0.1) is 0 Å². The van der Waals surface area contributed by atoms with E-state index in [9.17, 15) is 9.90 Å². The van der Waals surface area contributed by atoms with Crippen LogP contribution in [0.2, 0.25) is 0 Å². The molecule has 0 saturated carbocycles. The normalized spacial score (nSPS) is 19.7. The third-order valence-electron chi connectivity index (χ3n) is 5.55. The molecule has 1 aliphatic heterocycles. The number of hydrogen-bond donors (Lipinski definition) is 1. The molecule has 0 aromatic heterocycles. The Bertz CT molecular complexity index is 412. The Balaban J connectivity index is 2.25. The van der Waals surface area contributed by atoms with Gasteiger partial charge in [0.25, 0.3) is 0 Å². The fraction of sp³-hybridized carbons (Fsp3) is 0.905. The minimum Gasteiger partial charge on any atom is -0.544 e. The van der Waals surface area contributed by atoms with Crippen LogP contribution in [-0.4, -0.2) is 54.2 Å². The maximum Gasteiger partial charge on any atom is 0.198 e. The van der Waals surface area contributed by atoms with Gasteiger partial charge in [-0.25, -0.2) is 4.99 Å². The van der Waals surface area contributed by atoms with Crippen LogP contribution in [0.5, 0.6) is 0 Å². The van der Waals surface area contributed by atoms with Gasteiger partial charge in [-0.1, -0.05) is 64.7 Å². The third-order valence-corrected chi connectivity index (χ3v) is 5.55. The summed E-state index contributed by atoms with van der Waals surface area (Å²) in [6.45, 7) is 4.69. The zero-order valence-corrected chi connectivity index (χ0v) is 16.9. The standard InChI is InChI=1S/C21H40N2O3/c1-2-3-4-5-6-7-8-9-10-11-14-20-22-15-17-23(20,19-21(25)26)16-12-13-18-24/h24H,2-19H2,1H3. The predicted molar refractivity (Wildman–Crippen MR) is 105 cm³/mol. The van der Waals surface area contributed by atoms with E-state index in [4.69, 9.17) is 5.11 Å². The van der Waals surface area contributed by atoms with Crippen LogP contribution < -0.4 is 5.11 Å². The van der Waals surface area contributed by atoms with Crippen molar-refractivity contribution < 1.29 is 19.5 Å². The van der Waals surface area contributed by atoms with Crippen molar-refractivity contribution in [3.05, 3.63) is 0 Å². The SMILES string of the molecule is CCCCCCCCCCCCC1=NCC[N+]1(CCCCO)CC(=O)[O-]. The summed E-state index contributed by atoms with van der Waals surface area (Å²) in [4.78, 5) is 15.9. The van der Waals surface area contributed by atoms with Crippen LogP contribution in [0.25, 0.3) is 0 Å². The van der Waals surface area contributed by atoms with Gasteiger partial charge in [0.15, 0.2) is 5.84 Å². The molecule has 26 heavy (non-hydrogen) atoms. The number of carbonyl (C=O) groups is 1. The summed E-state index contributed by atoms with van der Waals surface area (Å²) in [5.41, 5.74) is 0. The summed E-state index contributed by atoms with van der Waals surface area (Å²) in [7, 11) is 0. The van der Waals surface area contributed by atoms with Crippen LogP contribution >= 0.6 is 0 Å². The number of aliphatic hydroxyl groups excluding tert-OH is 1. The second-order valence-corrected chi connectivity index (χ2v) is 7.78. The van der Waals surface area contributed by atoms with Crippen molar-refractivity contribution in [1.29, 1.82) is 0 Å². The molecule has 0 aliphatic carbocycles. The summed E-state index contributed by atoms with van der Waals surface area (Å²) >= 11 is 0. The lowest BCUT2D eigenvalue weighted by molar-refractivity contribution is -0.831. The van der Waals surface area contributed by atoms with Gasteiger partial charge in [-0.05, 0) is 19.3 Å². The number of carboxylic acids is 1. The molecule has 1 N–H and O–H groups in total. The van der Waals surface area contributed by atoms with E-state index < -0.39 is 5.97 Å². The maximum absolute atomic E-state index is 11.3. The van der Waals surface area contributed by atoms with E-state index in [1.165, 1.54) is 57.8 Å². The van der Waals surface area contributed by atoms with Gasteiger partial charge in [0.2, 0.25) is 0 Å². The van der Waals surface area contributed by atoms with Crippen LogP contribution in [-0.2, 0) is 4.79 Å². The Morgan fingerprint density at radius 3 is 2.19 bits per heavy atom. The number of quaternary nitrogens is 1. The molecule has 1 rings (SSSR count). The highest BCUT2D eigenvalue weighted by molar-refractivity contribution is 5.79. The quantitative estimate of drug-likeness (QED) is 0.317. The molecule has 5 nitrogen and oxygen atoms in total. The molecular weight excluding hydrogens is 328 g/mol. The number of unbranched alkanes of at least 4 members (excludes halogenated alkanes) is 10. The summed E-state index contributed by atoms with van der Waals surface area (Å²) in [6.07, 6.45) is 15.5. The van der Waals surface area contributed by atoms with Gasteiger partial charge in [0.05, 0.1) is 19.1 Å². The van der Waals surface area contributed by atoms with Gasteiger partial charge in [0, 0.05) is 13.0 Å². The molecule has 1 heterocycles. The number of aliphatic imine (C=N–C) groups is 1. The number of aliphatic carboxylic acids is 1. The Morgan fingerprint density at radius 2 is 1.62 bits per heavy atom. The highest BCUT2D eigenvalue weighted by Crippen LogP contribution is 2.21. The van der Waals surface area contributed by atoms with Gasteiger partial charge in [-0.15, -0.1) is 0 Å². The molecule has 0 bridgehead atoms. The van der Waals surface area contributed by atoms with E-state index in [1.807, 2.05) is 0 Å². The maximum atomic E-state index is 11.3. The van der Waals surface area contributed by atoms with Crippen LogP contribution in [0.3, 0.4) is 0 Å². The van der Waals surface area contributed by atoms with Crippen molar-refractivity contribution in [3.63, 3.8) is 0 Å². The topological polar surface area (TPSA) is 72.7 Å². The van der Waals surface area contributed by atoms with E-state index in [1.54, 1.807) is 0 Å². The fourth-order valence-corrected chi connectivity index (χ4v) is 4.00. The molecule has 0 saturated heterocycles. The highest BCUT2D eigenvalue weighted by atomic mass is 16.4. The van der Waals surface area contributed by atoms with E-state index in [0.29, 0.717) is 4.48 Å². The minimum atomic E-state index is -0.994. The average Bonchev–Trinajstić information content (AvgIpc) is 2.98. The number of aliphatic hydroxyl groups is 1. The molecule has 0 fully saturated rings. The highest BCUT2D eigenvalue weighted by Gasteiger charge is 2.37. The lowest BCUT2D eigenvalue weighted by Gasteiger charge is -2.35. The lowest BCUT2D eigenvalue weighted by Crippen LogP contribution is -2.56. The second kappa shape index (κ2) is 14.2. The largest absolute Gasteiger partial charge is 0.544 e. The Labute approximate surface area is 160 Å². The molecule has 1 aliphatic rings. The van der Waals surface area contributed by atoms with Crippen LogP contribution in [0.4, 0.5) is 0 Å². The molecule has 0 aromatic carbocycles. The summed E-state index contributed by atoms with van der Waals surface area (Å²) in [5, 5.41) is 20.3. The molecule has 0 radical (unpaired) electrons. The third kappa shape index (κ3) is 9.13. The van der Waals surface area contributed by atoms with E-state index >= 15 is 0 Å². The Kier molecular flexibility index (Phi) is 12.6. The number of hydrogen-bond acceptors (Lipinski definition) is 4. The molecule has 152 valence electrons. The van der Waals surface area contributed by atoms with Crippen LogP contribution in [0.1, 0.15) is 90.4 Å². The smallest absolute Gasteiger partial charge is 0.198 e. The van der Waals surface area contributed by atoms with Crippen LogP contribution in [0.15, 0.2) is 4.99 Å². The molecule has 1 atom stereocenters. The first-order valence-corrected chi connectivity index (χ1v) is 10.9. The van der Waals surface area contributed by atoms with Gasteiger partial charge >= 0.3 is 0 Å². The minimum absolute atomic E-state index is 0.0298. The summed E-state index contributed by atoms with van der Waals surface area (Å²) in [5.74, 6) is 0.0541. The van der Waals surface area contributed by atoms with Gasteiger partial charge < -0.3 is 15.0 Å². The monoisotopic (exact) mass is 368 g/mol. The van der Waals surface area contributed by atoms with E-state index in [-0.39, 0.29) is 13.2 Å². The number of carbonyl (C=O) groups excluding carboxylic acids is 1. The fourth-order valence-electron chi connectivity index (χ4n) is 4.00. The number of carboxylic acid groups (broad SMARTS) is 1. The number of amidine groups is 1. The average molecular weight is 369 g/mol. The van der Waals surface area contributed by atoms with Gasteiger partial charge in [0.1, 0.15) is 13.1 Å².